The Kier molecular flexibility index (Phi) is 8.29. The summed E-state index contributed by atoms with van der Waals surface area (Å²) in [5.74, 6) is 0.0961. The maximum Gasteiger partial charge on any atom is 0.261 e. The number of thiophene rings is 1. The van der Waals surface area contributed by atoms with Crippen molar-refractivity contribution in [1.29, 1.82) is 0 Å². The van der Waals surface area contributed by atoms with E-state index in [2.05, 4.69) is 43.2 Å². The number of anilines is 2. The minimum absolute atomic E-state index is 0.0195. The lowest BCUT2D eigenvalue weighted by Gasteiger charge is -2.10. The van der Waals surface area contributed by atoms with Crippen molar-refractivity contribution in [1.82, 2.24) is 30.6 Å². The molecule has 0 atom stereocenters. The predicted molar refractivity (Wildman–Crippen MR) is 137 cm³/mol. The lowest BCUT2D eigenvalue weighted by atomic mass is 10.1. The smallest absolute Gasteiger partial charge is 0.261 e. The number of ether oxygens (including phenoxy) is 1. The Morgan fingerprint density at radius 1 is 1.08 bits per heavy atom. The number of nitrogens with zero attached hydrogens (tertiary/aromatic N) is 5. The van der Waals surface area contributed by atoms with Gasteiger partial charge in [-0.1, -0.05) is 37.4 Å². The highest BCUT2D eigenvalue weighted by atomic mass is 32.1. The normalized spacial score (nSPS) is 10.7. The highest BCUT2D eigenvalue weighted by Crippen LogP contribution is 2.31. The maximum absolute atomic E-state index is 12.6. The van der Waals surface area contributed by atoms with E-state index in [1.807, 2.05) is 11.4 Å². The molecule has 3 N–H and O–H groups in total. The zero-order chi connectivity index (χ0) is 25.3. The number of hydrogen-bond acceptors (Lipinski definition) is 9. The van der Waals surface area contributed by atoms with E-state index in [4.69, 9.17) is 9.72 Å². The molecule has 0 aliphatic carbocycles. The summed E-state index contributed by atoms with van der Waals surface area (Å²) in [6.45, 7) is 2.15. The predicted octanol–water partition coefficient (Wildman–Crippen LogP) is 4.56. The van der Waals surface area contributed by atoms with Crippen LogP contribution < -0.4 is 15.4 Å². The molecule has 0 aliphatic heterocycles. The molecule has 12 heteroatoms. The average Bonchev–Trinajstić information content (AvgIpc) is 3.59. The molecular weight excluding hydrogens is 480 g/mol. The number of methoxy groups -OCH3 is 1. The van der Waals surface area contributed by atoms with Gasteiger partial charge in [0.1, 0.15) is 5.75 Å². The number of H-pyrrole nitrogens is 1. The summed E-state index contributed by atoms with van der Waals surface area (Å²) in [5.41, 5.74) is 3.10. The van der Waals surface area contributed by atoms with Crippen LogP contribution in [0.2, 0.25) is 0 Å². The van der Waals surface area contributed by atoms with Gasteiger partial charge in [-0.15, -0.1) is 11.3 Å². The molecule has 0 fully saturated rings. The quantitative estimate of drug-likeness (QED) is 0.251. The van der Waals surface area contributed by atoms with E-state index >= 15 is 0 Å². The third-order valence-electron chi connectivity index (χ3n) is 5.35. The van der Waals surface area contributed by atoms with Gasteiger partial charge in [0.05, 0.1) is 47.0 Å². The van der Waals surface area contributed by atoms with Crippen LogP contribution in [-0.2, 0) is 4.79 Å². The molecule has 3 aromatic heterocycles. The number of carbonyl (C=O) groups is 2. The molecule has 36 heavy (non-hydrogen) atoms. The van der Waals surface area contributed by atoms with Gasteiger partial charge in [-0.05, 0) is 35.0 Å². The minimum atomic E-state index is -0.421. The number of hydrogen-bond donors (Lipinski definition) is 3. The molecule has 0 spiro atoms. The van der Waals surface area contributed by atoms with Crippen molar-refractivity contribution >= 4 is 34.8 Å². The number of amides is 2. The number of nitrogens with one attached hydrogen (secondary N) is 3. The Bertz CT molecular complexity index is 1320. The van der Waals surface area contributed by atoms with E-state index in [1.165, 1.54) is 18.4 Å². The standard InChI is InChI=1S/C24H26N8O3S/c1-3-4-5-6-7-22(33)26-16-11-21(36-14-16)19-13-25-12-18(27-19)15-8-9-17(20(10-15)35-2)23(34)28-24-29-31-32-30-24/h8-14H,3-7H2,1-2H3,(H,26,33)(H2,28,29,30,31,32,34). The molecule has 0 aliphatic rings. The van der Waals surface area contributed by atoms with Gasteiger partial charge in [0.2, 0.25) is 11.9 Å². The summed E-state index contributed by atoms with van der Waals surface area (Å²) in [5, 5.41) is 20.4. The zero-order valence-electron chi connectivity index (χ0n) is 19.9. The third-order valence-corrected chi connectivity index (χ3v) is 6.30. The monoisotopic (exact) mass is 506 g/mol. The molecule has 2 amide bonds. The highest BCUT2D eigenvalue weighted by Gasteiger charge is 2.16. The van der Waals surface area contributed by atoms with Gasteiger partial charge in [-0.25, -0.2) is 10.1 Å². The number of aromatic amines is 1. The largest absolute Gasteiger partial charge is 0.496 e. The SMILES string of the molecule is CCCCCCC(=O)Nc1csc(-c2cncc(-c3ccc(C(=O)Nc4nnn[nH]4)c(OC)c3)n2)c1. The number of unbranched alkanes of at least 4 members (excludes halogenated alkanes) is 3. The first-order chi connectivity index (χ1) is 17.6. The summed E-state index contributed by atoms with van der Waals surface area (Å²) < 4.78 is 5.44. The van der Waals surface area contributed by atoms with Gasteiger partial charge >= 0.3 is 0 Å². The first-order valence-electron chi connectivity index (χ1n) is 11.5. The van der Waals surface area contributed by atoms with E-state index in [1.54, 1.807) is 30.6 Å². The molecule has 0 bridgehead atoms. The van der Waals surface area contributed by atoms with Crippen LogP contribution in [0.1, 0.15) is 49.4 Å². The number of rotatable bonds is 11. The van der Waals surface area contributed by atoms with E-state index in [9.17, 15) is 9.59 Å². The maximum atomic E-state index is 12.6. The molecule has 4 aromatic rings. The lowest BCUT2D eigenvalue weighted by Crippen LogP contribution is -2.14. The van der Waals surface area contributed by atoms with Crippen molar-refractivity contribution in [3.05, 3.63) is 47.6 Å². The summed E-state index contributed by atoms with van der Waals surface area (Å²) in [6, 6.07) is 7.03. The molecular formula is C24H26N8O3S. The summed E-state index contributed by atoms with van der Waals surface area (Å²) in [4.78, 5) is 34.7. The Labute approximate surface area is 211 Å². The highest BCUT2D eigenvalue weighted by molar-refractivity contribution is 7.14. The van der Waals surface area contributed by atoms with E-state index in [0.717, 1.165) is 41.8 Å². The fourth-order valence-corrected chi connectivity index (χ4v) is 4.32. The zero-order valence-corrected chi connectivity index (χ0v) is 20.8. The van der Waals surface area contributed by atoms with Crippen molar-refractivity contribution in [2.45, 2.75) is 39.0 Å². The van der Waals surface area contributed by atoms with Crippen molar-refractivity contribution in [3.63, 3.8) is 0 Å². The van der Waals surface area contributed by atoms with Crippen molar-refractivity contribution in [3.8, 4) is 27.6 Å². The molecule has 0 radical (unpaired) electrons. The fourth-order valence-electron chi connectivity index (χ4n) is 3.52. The van der Waals surface area contributed by atoms with Crippen LogP contribution in [-0.4, -0.2) is 49.5 Å². The van der Waals surface area contributed by atoms with Gasteiger partial charge in [-0.3, -0.25) is 19.9 Å². The van der Waals surface area contributed by atoms with Crippen LogP contribution in [0, 0.1) is 0 Å². The lowest BCUT2D eigenvalue weighted by molar-refractivity contribution is -0.116. The molecule has 1 aromatic carbocycles. The van der Waals surface area contributed by atoms with Crippen LogP contribution in [0.5, 0.6) is 5.75 Å². The van der Waals surface area contributed by atoms with Crippen LogP contribution in [0.15, 0.2) is 42.0 Å². The van der Waals surface area contributed by atoms with Gasteiger partial charge in [0, 0.05) is 17.4 Å². The van der Waals surface area contributed by atoms with E-state index in [-0.39, 0.29) is 11.9 Å². The van der Waals surface area contributed by atoms with Crippen molar-refractivity contribution in [2.24, 2.45) is 0 Å². The molecule has 4 rings (SSSR count). The van der Waals surface area contributed by atoms with Crippen molar-refractivity contribution in [2.75, 3.05) is 17.7 Å². The number of tetrazole rings is 1. The Hall–Kier alpha value is -4.19. The van der Waals surface area contributed by atoms with Gasteiger partial charge in [0.25, 0.3) is 5.91 Å². The van der Waals surface area contributed by atoms with E-state index < -0.39 is 5.91 Å². The average molecular weight is 507 g/mol. The fraction of sp³-hybridized carbons (Fsp3) is 0.292. The second-order valence-corrected chi connectivity index (χ2v) is 8.88. The third kappa shape index (κ3) is 6.27. The summed E-state index contributed by atoms with van der Waals surface area (Å²) in [6.07, 6.45) is 8.09. The second kappa shape index (κ2) is 12.0. The molecule has 3 heterocycles. The topological polar surface area (TPSA) is 148 Å². The Balaban J connectivity index is 1.47. The summed E-state index contributed by atoms with van der Waals surface area (Å²) >= 11 is 1.48. The van der Waals surface area contributed by atoms with Gasteiger partial charge in [0.15, 0.2) is 0 Å². The van der Waals surface area contributed by atoms with Crippen LogP contribution >= 0.6 is 11.3 Å². The number of carbonyl (C=O) groups excluding carboxylic acids is 2. The van der Waals surface area contributed by atoms with Crippen molar-refractivity contribution < 1.29 is 14.3 Å². The van der Waals surface area contributed by atoms with Crippen LogP contribution in [0.3, 0.4) is 0 Å². The van der Waals surface area contributed by atoms with Crippen LogP contribution in [0.4, 0.5) is 11.6 Å². The van der Waals surface area contributed by atoms with Crippen LogP contribution in [0.25, 0.3) is 21.8 Å². The number of benzene rings is 1. The molecule has 0 saturated carbocycles. The number of aromatic nitrogens is 6. The Morgan fingerprint density at radius 2 is 1.94 bits per heavy atom. The Morgan fingerprint density at radius 3 is 2.72 bits per heavy atom. The van der Waals surface area contributed by atoms with E-state index in [0.29, 0.717) is 29.1 Å². The first-order valence-corrected chi connectivity index (χ1v) is 12.4. The molecule has 0 saturated heterocycles. The molecule has 11 nitrogen and oxygen atoms in total. The molecule has 186 valence electrons. The second-order valence-electron chi connectivity index (χ2n) is 7.97. The van der Waals surface area contributed by atoms with Gasteiger partial charge in [-0.2, -0.15) is 0 Å². The van der Waals surface area contributed by atoms with Gasteiger partial charge < -0.3 is 10.1 Å². The first kappa shape index (κ1) is 24.9. The molecule has 0 unspecified atom stereocenters. The summed E-state index contributed by atoms with van der Waals surface area (Å²) in [7, 11) is 1.49. The minimum Gasteiger partial charge on any atom is -0.496 e.